The van der Waals surface area contributed by atoms with Gasteiger partial charge in [-0.05, 0) is 82.1 Å². The van der Waals surface area contributed by atoms with E-state index in [4.69, 9.17) is 0 Å². The zero-order valence-corrected chi connectivity index (χ0v) is 22.2. The van der Waals surface area contributed by atoms with E-state index in [0.717, 1.165) is 21.0 Å². The van der Waals surface area contributed by atoms with E-state index >= 15 is 0 Å². The predicted octanol–water partition coefficient (Wildman–Crippen LogP) is 4.93. The van der Waals surface area contributed by atoms with Gasteiger partial charge in [-0.25, -0.2) is 8.42 Å². The average molecular weight is 508 g/mol. The average Bonchev–Trinajstić information content (AvgIpc) is 2.83. The lowest BCUT2D eigenvalue weighted by Gasteiger charge is -2.25. The van der Waals surface area contributed by atoms with Gasteiger partial charge in [-0.3, -0.25) is 13.9 Å². The smallest absolute Gasteiger partial charge is 0.264 e. The maximum Gasteiger partial charge on any atom is 0.264 e. The van der Waals surface area contributed by atoms with Crippen LogP contribution in [0.4, 0.5) is 11.4 Å². The second-order valence-corrected chi connectivity index (χ2v) is 10.6. The van der Waals surface area contributed by atoms with Crippen LogP contribution in [0.15, 0.2) is 71.6 Å². The number of hydrogen-bond acceptors (Lipinski definition) is 4. The van der Waals surface area contributed by atoms with Crippen molar-refractivity contribution in [3.05, 3.63) is 89.0 Å². The van der Waals surface area contributed by atoms with E-state index in [1.165, 1.54) is 12.1 Å². The number of amides is 2. The summed E-state index contributed by atoms with van der Waals surface area (Å²) in [5.74, 6) is -0.751. The minimum atomic E-state index is -4.04. The molecule has 0 aliphatic heterocycles. The Balaban J connectivity index is 1.98. The van der Waals surface area contributed by atoms with Crippen LogP contribution < -0.4 is 9.62 Å². The Hall–Kier alpha value is -3.65. The summed E-state index contributed by atoms with van der Waals surface area (Å²) < 4.78 is 28.5. The van der Waals surface area contributed by atoms with Gasteiger partial charge in [0, 0.05) is 13.1 Å². The number of nitrogens with zero attached hydrogens (tertiary/aromatic N) is 2. The number of anilines is 2. The zero-order chi connectivity index (χ0) is 26.5. The zero-order valence-electron chi connectivity index (χ0n) is 21.4. The maximum absolute atomic E-state index is 13.7. The van der Waals surface area contributed by atoms with Crippen molar-refractivity contribution in [2.75, 3.05) is 29.3 Å². The highest BCUT2D eigenvalue weighted by Gasteiger charge is 2.28. The highest BCUT2D eigenvalue weighted by Crippen LogP contribution is 2.27. The van der Waals surface area contributed by atoms with E-state index in [-0.39, 0.29) is 10.8 Å². The van der Waals surface area contributed by atoms with Crippen molar-refractivity contribution in [3.63, 3.8) is 0 Å². The Morgan fingerprint density at radius 3 is 1.97 bits per heavy atom. The highest BCUT2D eigenvalue weighted by molar-refractivity contribution is 7.92. The number of para-hydroxylation sites is 1. The van der Waals surface area contributed by atoms with Gasteiger partial charge in [0.15, 0.2) is 0 Å². The molecule has 190 valence electrons. The quantitative estimate of drug-likeness (QED) is 0.445. The SMILES string of the molecule is CCN(CC)C(=O)c1ccccc1NC(=O)CN(c1cc(C)cc(C)c1)S(=O)(=O)c1ccc(C)cc1. The fourth-order valence-corrected chi connectivity index (χ4v) is 5.43. The Labute approximate surface area is 213 Å². The molecule has 8 heteroatoms. The molecule has 3 aromatic rings. The molecule has 0 aliphatic rings. The first-order valence-corrected chi connectivity index (χ1v) is 13.4. The molecule has 3 aromatic carbocycles. The molecule has 7 nitrogen and oxygen atoms in total. The van der Waals surface area contributed by atoms with Crippen LogP contribution in [0.3, 0.4) is 0 Å². The van der Waals surface area contributed by atoms with Gasteiger partial charge >= 0.3 is 0 Å². The Bertz CT molecular complexity index is 1330. The lowest BCUT2D eigenvalue weighted by molar-refractivity contribution is -0.114. The molecule has 1 N–H and O–H groups in total. The lowest BCUT2D eigenvalue weighted by atomic mass is 10.1. The fraction of sp³-hybridized carbons (Fsp3) is 0.286. The molecule has 2 amide bonds. The van der Waals surface area contributed by atoms with Gasteiger partial charge in [0.2, 0.25) is 5.91 Å². The molecular weight excluding hydrogens is 474 g/mol. The third-order valence-electron chi connectivity index (χ3n) is 5.87. The fourth-order valence-electron chi connectivity index (χ4n) is 4.03. The van der Waals surface area contributed by atoms with Crippen LogP contribution in [0.2, 0.25) is 0 Å². The summed E-state index contributed by atoms with van der Waals surface area (Å²) in [7, 11) is -4.04. The number of aryl methyl sites for hydroxylation is 3. The minimum Gasteiger partial charge on any atom is -0.339 e. The molecule has 0 aliphatic carbocycles. The number of hydrogen-bond donors (Lipinski definition) is 1. The van der Waals surface area contributed by atoms with Gasteiger partial charge in [-0.2, -0.15) is 0 Å². The Morgan fingerprint density at radius 1 is 0.806 bits per heavy atom. The molecule has 0 atom stereocenters. The van der Waals surface area contributed by atoms with Crippen molar-refractivity contribution in [2.45, 2.75) is 39.5 Å². The Kier molecular flexibility index (Phi) is 8.53. The summed E-state index contributed by atoms with van der Waals surface area (Å²) in [6, 6.07) is 18.7. The summed E-state index contributed by atoms with van der Waals surface area (Å²) >= 11 is 0. The number of carbonyl (C=O) groups excluding carboxylic acids is 2. The van der Waals surface area contributed by atoms with Crippen LogP contribution in [-0.4, -0.2) is 44.8 Å². The molecule has 0 fully saturated rings. The van der Waals surface area contributed by atoms with Gasteiger partial charge in [-0.1, -0.05) is 35.9 Å². The van der Waals surface area contributed by atoms with Crippen molar-refractivity contribution < 1.29 is 18.0 Å². The number of benzene rings is 3. The van der Waals surface area contributed by atoms with Gasteiger partial charge < -0.3 is 10.2 Å². The second-order valence-electron chi connectivity index (χ2n) is 8.74. The summed E-state index contributed by atoms with van der Waals surface area (Å²) in [5.41, 5.74) is 3.78. The Morgan fingerprint density at radius 2 is 1.39 bits per heavy atom. The third kappa shape index (κ3) is 6.12. The van der Waals surface area contributed by atoms with Crippen LogP contribution >= 0.6 is 0 Å². The van der Waals surface area contributed by atoms with Crippen LogP contribution in [0.5, 0.6) is 0 Å². The lowest BCUT2D eigenvalue weighted by Crippen LogP contribution is -2.38. The molecule has 0 saturated carbocycles. The van der Waals surface area contributed by atoms with Crippen molar-refractivity contribution in [2.24, 2.45) is 0 Å². The molecule has 0 aromatic heterocycles. The van der Waals surface area contributed by atoms with Crippen LogP contribution in [0, 0.1) is 20.8 Å². The molecule has 0 bridgehead atoms. The highest BCUT2D eigenvalue weighted by atomic mass is 32.2. The van der Waals surface area contributed by atoms with Crippen molar-refractivity contribution in [1.29, 1.82) is 0 Å². The maximum atomic E-state index is 13.7. The summed E-state index contributed by atoms with van der Waals surface area (Å²) in [6.07, 6.45) is 0. The van der Waals surface area contributed by atoms with Gasteiger partial charge in [0.05, 0.1) is 21.8 Å². The van der Waals surface area contributed by atoms with Crippen LogP contribution in [-0.2, 0) is 14.8 Å². The van der Waals surface area contributed by atoms with E-state index in [1.807, 2.05) is 40.7 Å². The second kappa shape index (κ2) is 11.4. The van der Waals surface area contributed by atoms with Gasteiger partial charge in [0.1, 0.15) is 6.54 Å². The predicted molar refractivity (Wildman–Crippen MR) is 144 cm³/mol. The number of carbonyl (C=O) groups is 2. The molecule has 0 heterocycles. The molecule has 36 heavy (non-hydrogen) atoms. The topological polar surface area (TPSA) is 86.8 Å². The van der Waals surface area contributed by atoms with Crippen molar-refractivity contribution in [3.8, 4) is 0 Å². The molecule has 3 rings (SSSR count). The molecule has 0 unspecified atom stereocenters. The standard InChI is InChI=1S/C28H33N3O4S/c1-6-30(7-2)28(33)25-10-8-9-11-26(25)29-27(32)19-31(23-17-21(4)16-22(5)18-23)36(34,35)24-14-12-20(3)13-15-24/h8-18H,6-7,19H2,1-5H3,(H,29,32). The van der Waals surface area contributed by atoms with E-state index in [0.29, 0.717) is 30.0 Å². The first-order chi connectivity index (χ1) is 17.1. The first-order valence-electron chi connectivity index (χ1n) is 11.9. The van der Waals surface area contributed by atoms with E-state index in [2.05, 4.69) is 5.32 Å². The molecule has 0 saturated heterocycles. The number of sulfonamides is 1. The normalized spacial score (nSPS) is 11.1. The monoisotopic (exact) mass is 507 g/mol. The molecule has 0 spiro atoms. The largest absolute Gasteiger partial charge is 0.339 e. The first kappa shape index (κ1) is 26.9. The van der Waals surface area contributed by atoms with Gasteiger partial charge in [0.25, 0.3) is 15.9 Å². The van der Waals surface area contributed by atoms with Crippen molar-refractivity contribution >= 4 is 33.2 Å². The summed E-state index contributed by atoms with van der Waals surface area (Å²) in [6.45, 7) is 10.0. The molecule has 0 radical (unpaired) electrons. The van der Waals surface area contributed by atoms with E-state index in [1.54, 1.807) is 53.4 Å². The van der Waals surface area contributed by atoms with Crippen molar-refractivity contribution in [1.82, 2.24) is 4.90 Å². The summed E-state index contributed by atoms with van der Waals surface area (Å²) in [4.78, 5) is 28.0. The number of rotatable bonds is 9. The number of nitrogens with one attached hydrogen (secondary N) is 1. The summed E-state index contributed by atoms with van der Waals surface area (Å²) in [5, 5.41) is 2.76. The third-order valence-corrected chi connectivity index (χ3v) is 7.66. The van der Waals surface area contributed by atoms with E-state index < -0.39 is 22.5 Å². The minimum absolute atomic E-state index is 0.0946. The molecular formula is C28H33N3O4S. The van der Waals surface area contributed by atoms with E-state index in [9.17, 15) is 18.0 Å². The van der Waals surface area contributed by atoms with Crippen LogP contribution in [0.25, 0.3) is 0 Å². The van der Waals surface area contributed by atoms with Crippen LogP contribution in [0.1, 0.15) is 40.9 Å². The van der Waals surface area contributed by atoms with Gasteiger partial charge in [-0.15, -0.1) is 0 Å².